The van der Waals surface area contributed by atoms with Crippen LogP contribution in [0.4, 0.5) is 0 Å². The highest BCUT2D eigenvalue weighted by atomic mass is 16.6. The maximum atomic E-state index is 5.16. The molecule has 0 unspecified atom stereocenters. The van der Waals surface area contributed by atoms with Crippen molar-refractivity contribution in [3.8, 4) is 5.75 Å². The van der Waals surface area contributed by atoms with E-state index >= 15 is 0 Å². The van der Waals surface area contributed by atoms with E-state index in [2.05, 4.69) is 11.4 Å². The van der Waals surface area contributed by atoms with Gasteiger partial charge in [0.1, 0.15) is 18.6 Å². The van der Waals surface area contributed by atoms with Crippen LogP contribution in [0, 0.1) is 0 Å². The summed E-state index contributed by atoms with van der Waals surface area (Å²) in [5, 5.41) is 3.80. The minimum Gasteiger partial charge on any atom is -0.497 e. The van der Waals surface area contributed by atoms with Gasteiger partial charge in [-0.15, -0.1) is 0 Å². The van der Waals surface area contributed by atoms with E-state index in [1.165, 1.54) is 0 Å². The van der Waals surface area contributed by atoms with Crippen LogP contribution in [0.5, 0.6) is 5.75 Å². The second-order valence-corrected chi connectivity index (χ2v) is 3.69. The van der Waals surface area contributed by atoms with Gasteiger partial charge >= 0.3 is 0 Å². The first-order chi connectivity index (χ1) is 8.88. The molecule has 2 rings (SSSR count). The third-order valence-corrected chi connectivity index (χ3v) is 2.40. The molecule has 1 radical (unpaired) electrons. The molecular weight excluding hydrogens is 226 g/mol. The molecule has 0 N–H and O–H groups in total. The molecule has 18 heavy (non-hydrogen) atoms. The van der Waals surface area contributed by atoms with Gasteiger partial charge in [-0.25, -0.2) is 0 Å². The lowest BCUT2D eigenvalue weighted by Gasteiger charge is -1.99. The Labute approximate surface area is 107 Å². The summed E-state index contributed by atoms with van der Waals surface area (Å²) >= 11 is 0. The van der Waals surface area contributed by atoms with E-state index in [0.29, 0.717) is 6.61 Å². The molecule has 0 saturated carbocycles. The lowest BCUT2D eigenvalue weighted by Crippen LogP contribution is -1.88. The minimum atomic E-state index is 0.448. The lowest BCUT2D eigenvalue weighted by atomic mass is 10.2. The normalized spacial score (nSPS) is 10.5. The van der Waals surface area contributed by atoms with Crippen LogP contribution in [-0.4, -0.2) is 13.3 Å². The van der Waals surface area contributed by atoms with Crippen LogP contribution in [0.25, 0.3) is 0 Å². The molecule has 0 fully saturated rings. The molecule has 0 aromatic heterocycles. The van der Waals surface area contributed by atoms with Crippen LogP contribution in [0.1, 0.15) is 11.1 Å². The van der Waals surface area contributed by atoms with Gasteiger partial charge in [-0.05, 0) is 29.8 Å². The predicted octanol–water partition coefficient (Wildman–Crippen LogP) is 3.12. The summed E-state index contributed by atoms with van der Waals surface area (Å²) in [6.45, 7) is 0.448. The molecule has 0 aliphatic rings. The Balaban J connectivity index is 1.84. The van der Waals surface area contributed by atoms with Crippen molar-refractivity contribution in [3.63, 3.8) is 0 Å². The van der Waals surface area contributed by atoms with Crippen molar-refractivity contribution in [2.75, 3.05) is 7.11 Å². The zero-order valence-corrected chi connectivity index (χ0v) is 10.2. The lowest BCUT2D eigenvalue weighted by molar-refractivity contribution is 0.132. The van der Waals surface area contributed by atoms with E-state index in [4.69, 9.17) is 9.57 Å². The van der Waals surface area contributed by atoms with Crippen LogP contribution in [0.2, 0.25) is 0 Å². The van der Waals surface area contributed by atoms with Crippen molar-refractivity contribution in [3.05, 3.63) is 65.7 Å². The Kier molecular flexibility index (Phi) is 4.36. The van der Waals surface area contributed by atoms with Crippen molar-refractivity contribution in [1.29, 1.82) is 0 Å². The molecule has 0 aliphatic carbocycles. The number of methoxy groups -OCH3 is 1. The first kappa shape index (κ1) is 12.2. The molecule has 0 atom stereocenters. The molecular formula is C15H14NO2. The van der Waals surface area contributed by atoms with E-state index in [-0.39, 0.29) is 0 Å². The highest BCUT2D eigenvalue weighted by Gasteiger charge is 1.92. The zero-order chi connectivity index (χ0) is 12.6. The van der Waals surface area contributed by atoms with Crippen molar-refractivity contribution in [2.45, 2.75) is 6.61 Å². The highest BCUT2D eigenvalue weighted by Crippen LogP contribution is 2.09. The second kappa shape index (κ2) is 6.45. The molecule has 3 heteroatoms. The fourth-order valence-electron chi connectivity index (χ4n) is 1.43. The number of ether oxygens (including phenoxy) is 1. The van der Waals surface area contributed by atoms with E-state index in [1.807, 2.05) is 54.6 Å². The second-order valence-electron chi connectivity index (χ2n) is 3.69. The maximum Gasteiger partial charge on any atom is 0.142 e. The van der Waals surface area contributed by atoms with Gasteiger partial charge in [-0.2, -0.15) is 0 Å². The van der Waals surface area contributed by atoms with Crippen molar-refractivity contribution in [2.24, 2.45) is 5.16 Å². The fraction of sp³-hybridized carbons (Fsp3) is 0.133. The van der Waals surface area contributed by atoms with E-state index in [1.54, 1.807) is 7.11 Å². The summed E-state index contributed by atoms with van der Waals surface area (Å²) in [5.74, 6) is 0.811. The third-order valence-electron chi connectivity index (χ3n) is 2.40. The smallest absolute Gasteiger partial charge is 0.142 e. The minimum absolute atomic E-state index is 0.448. The van der Waals surface area contributed by atoms with Crippen LogP contribution in [0.15, 0.2) is 59.8 Å². The molecule has 0 bridgehead atoms. The fourth-order valence-corrected chi connectivity index (χ4v) is 1.43. The monoisotopic (exact) mass is 240 g/mol. The van der Waals surface area contributed by atoms with Crippen LogP contribution < -0.4 is 4.74 Å². The highest BCUT2D eigenvalue weighted by molar-refractivity contribution is 5.79. The Morgan fingerprint density at radius 2 is 1.72 bits per heavy atom. The van der Waals surface area contributed by atoms with Crippen LogP contribution in [-0.2, 0) is 11.4 Å². The van der Waals surface area contributed by atoms with Gasteiger partial charge in [0.2, 0.25) is 0 Å². The summed E-state index contributed by atoms with van der Waals surface area (Å²) in [5.41, 5.74) is 1.93. The SMILES string of the molecule is COc1ccc(/[C]=N\OCc2ccccc2)cc1. The number of nitrogens with zero attached hydrogens (tertiary/aromatic N) is 1. The molecule has 3 nitrogen and oxygen atoms in total. The quantitative estimate of drug-likeness (QED) is 0.594. The first-order valence-electron chi connectivity index (χ1n) is 5.64. The average molecular weight is 240 g/mol. The van der Waals surface area contributed by atoms with E-state index < -0.39 is 0 Å². The van der Waals surface area contributed by atoms with Crippen molar-refractivity contribution < 1.29 is 9.57 Å². The van der Waals surface area contributed by atoms with Gasteiger partial charge in [0.25, 0.3) is 0 Å². The van der Waals surface area contributed by atoms with Gasteiger partial charge in [-0.1, -0.05) is 35.5 Å². The zero-order valence-electron chi connectivity index (χ0n) is 10.2. The van der Waals surface area contributed by atoms with E-state index in [0.717, 1.165) is 16.9 Å². The summed E-state index contributed by atoms with van der Waals surface area (Å²) < 4.78 is 5.06. The molecule has 91 valence electrons. The summed E-state index contributed by atoms with van der Waals surface area (Å²) in [4.78, 5) is 5.16. The molecule has 0 heterocycles. The maximum absolute atomic E-state index is 5.16. The standard InChI is InChI=1S/C15H14NO2/c1-17-15-9-7-13(8-10-15)11-16-18-12-14-5-3-2-4-6-14/h2-10H,12H2,1H3. The van der Waals surface area contributed by atoms with Gasteiger partial charge in [0, 0.05) is 5.56 Å². The number of rotatable bonds is 5. The Morgan fingerprint density at radius 3 is 2.39 bits per heavy atom. The van der Waals surface area contributed by atoms with Crippen molar-refractivity contribution >= 4 is 6.21 Å². The van der Waals surface area contributed by atoms with Gasteiger partial charge in [0.05, 0.1) is 7.11 Å². The van der Waals surface area contributed by atoms with Crippen LogP contribution >= 0.6 is 0 Å². The third kappa shape index (κ3) is 3.63. The average Bonchev–Trinajstić information content (AvgIpc) is 2.45. The Bertz CT molecular complexity index is 492. The number of hydrogen-bond acceptors (Lipinski definition) is 3. The Morgan fingerprint density at radius 1 is 1.00 bits per heavy atom. The molecule has 0 amide bonds. The van der Waals surface area contributed by atoms with Gasteiger partial charge in [0.15, 0.2) is 0 Å². The van der Waals surface area contributed by atoms with Gasteiger partial charge in [-0.3, -0.25) is 0 Å². The summed E-state index contributed by atoms with van der Waals surface area (Å²) in [6, 6.07) is 17.3. The summed E-state index contributed by atoms with van der Waals surface area (Å²) in [6.07, 6.45) is 2.81. The largest absolute Gasteiger partial charge is 0.497 e. The number of hydrogen-bond donors (Lipinski definition) is 0. The molecule has 0 saturated heterocycles. The molecule has 0 spiro atoms. The van der Waals surface area contributed by atoms with Crippen molar-refractivity contribution in [1.82, 2.24) is 0 Å². The first-order valence-corrected chi connectivity index (χ1v) is 5.64. The summed E-state index contributed by atoms with van der Waals surface area (Å²) in [7, 11) is 1.63. The molecule has 2 aromatic rings. The predicted molar refractivity (Wildman–Crippen MR) is 70.8 cm³/mol. The van der Waals surface area contributed by atoms with Gasteiger partial charge < -0.3 is 9.57 Å². The molecule has 0 aliphatic heterocycles. The Hall–Kier alpha value is -2.29. The number of benzene rings is 2. The topological polar surface area (TPSA) is 30.8 Å². The van der Waals surface area contributed by atoms with E-state index in [9.17, 15) is 0 Å². The molecule has 2 aromatic carbocycles. The van der Waals surface area contributed by atoms with Crippen LogP contribution in [0.3, 0.4) is 0 Å².